The number of nitriles is 1. The van der Waals surface area contributed by atoms with Crippen LogP contribution in [-0.4, -0.2) is 25.0 Å². The molecule has 0 saturated heterocycles. The molecule has 0 fully saturated rings. The lowest BCUT2D eigenvalue weighted by Gasteiger charge is -2.12. The van der Waals surface area contributed by atoms with Crippen LogP contribution < -0.4 is 5.32 Å². The van der Waals surface area contributed by atoms with E-state index in [4.69, 9.17) is 0 Å². The van der Waals surface area contributed by atoms with Crippen molar-refractivity contribution in [2.24, 2.45) is 0 Å². The molecule has 0 aliphatic carbocycles. The number of anilines is 1. The van der Waals surface area contributed by atoms with E-state index in [1.807, 2.05) is 50.6 Å². The van der Waals surface area contributed by atoms with Crippen molar-refractivity contribution in [3.63, 3.8) is 0 Å². The average molecular weight is 361 g/mol. The number of aromatic nitrogens is 5. The Bertz CT molecular complexity index is 981. The molecule has 3 rings (SSSR count). The molecule has 7 nitrogen and oxygen atoms in total. The third-order valence-electron chi connectivity index (χ3n) is 4.45. The lowest BCUT2D eigenvalue weighted by atomic mass is 10.0. The Morgan fingerprint density at radius 1 is 1.15 bits per heavy atom. The zero-order valence-corrected chi connectivity index (χ0v) is 16.1. The number of pyridine rings is 1. The fourth-order valence-corrected chi connectivity index (χ4v) is 3.11. The summed E-state index contributed by atoms with van der Waals surface area (Å²) in [4.78, 5) is 4.50. The van der Waals surface area contributed by atoms with Crippen LogP contribution in [0.5, 0.6) is 0 Å². The highest BCUT2D eigenvalue weighted by molar-refractivity contribution is 5.56. The van der Waals surface area contributed by atoms with Gasteiger partial charge in [-0.05, 0) is 49.9 Å². The Labute approximate surface area is 159 Å². The van der Waals surface area contributed by atoms with Crippen molar-refractivity contribution in [3.8, 4) is 11.9 Å². The topological polar surface area (TPSA) is 92.3 Å². The van der Waals surface area contributed by atoms with Crippen LogP contribution in [0.2, 0.25) is 0 Å². The predicted molar refractivity (Wildman–Crippen MR) is 104 cm³/mol. The quantitative estimate of drug-likeness (QED) is 0.724. The van der Waals surface area contributed by atoms with Gasteiger partial charge in [-0.25, -0.2) is 9.67 Å². The van der Waals surface area contributed by atoms with Gasteiger partial charge in [-0.3, -0.25) is 0 Å². The molecule has 3 aromatic heterocycles. The standard InChI is InChI=1S/C20H23N7/c1-5-16-17(10-21)20(25-24-18(16)6-2)23-12-15-7-8-19(22-11-15)27-14(4)9-13(3)26-27/h7-9,11H,5-6,12H2,1-4H3,(H,23,25). The monoisotopic (exact) mass is 361 g/mol. The highest BCUT2D eigenvalue weighted by Gasteiger charge is 2.14. The molecule has 3 heterocycles. The third kappa shape index (κ3) is 3.80. The van der Waals surface area contributed by atoms with Crippen molar-refractivity contribution >= 4 is 5.82 Å². The molecule has 7 heteroatoms. The zero-order chi connectivity index (χ0) is 19.4. The van der Waals surface area contributed by atoms with Crippen molar-refractivity contribution in [1.29, 1.82) is 5.26 Å². The largest absolute Gasteiger partial charge is 0.363 e. The first-order chi connectivity index (χ1) is 13.1. The second-order valence-corrected chi connectivity index (χ2v) is 6.38. The smallest absolute Gasteiger partial charge is 0.167 e. The lowest BCUT2D eigenvalue weighted by Crippen LogP contribution is -2.10. The van der Waals surface area contributed by atoms with E-state index in [0.29, 0.717) is 17.9 Å². The highest BCUT2D eigenvalue weighted by atomic mass is 15.3. The Kier molecular flexibility index (Phi) is 5.46. The maximum absolute atomic E-state index is 9.56. The van der Waals surface area contributed by atoms with E-state index in [0.717, 1.165) is 46.9 Å². The maximum Gasteiger partial charge on any atom is 0.167 e. The van der Waals surface area contributed by atoms with Gasteiger partial charge in [0.25, 0.3) is 0 Å². The van der Waals surface area contributed by atoms with Crippen LogP contribution in [-0.2, 0) is 19.4 Å². The predicted octanol–water partition coefficient (Wildman–Crippen LogP) is 3.28. The SMILES string of the molecule is CCc1nnc(NCc2ccc(-n3nc(C)cc3C)nc2)c(C#N)c1CC. The normalized spacial score (nSPS) is 10.6. The number of hydrogen-bond acceptors (Lipinski definition) is 6. The van der Waals surface area contributed by atoms with E-state index in [9.17, 15) is 5.26 Å². The Morgan fingerprint density at radius 2 is 1.96 bits per heavy atom. The fraction of sp³-hybridized carbons (Fsp3) is 0.350. The van der Waals surface area contributed by atoms with Crippen LogP contribution in [0.1, 0.15) is 47.6 Å². The number of nitrogens with zero attached hydrogens (tertiary/aromatic N) is 6. The van der Waals surface area contributed by atoms with E-state index < -0.39 is 0 Å². The van der Waals surface area contributed by atoms with Gasteiger partial charge in [0.1, 0.15) is 11.6 Å². The van der Waals surface area contributed by atoms with E-state index in [1.54, 1.807) is 6.20 Å². The van der Waals surface area contributed by atoms with Gasteiger partial charge in [0, 0.05) is 18.4 Å². The van der Waals surface area contributed by atoms with Gasteiger partial charge < -0.3 is 5.32 Å². The van der Waals surface area contributed by atoms with Crippen molar-refractivity contribution < 1.29 is 0 Å². The Balaban J connectivity index is 1.78. The molecule has 0 spiro atoms. The van der Waals surface area contributed by atoms with Gasteiger partial charge in [0.15, 0.2) is 11.6 Å². The molecule has 27 heavy (non-hydrogen) atoms. The van der Waals surface area contributed by atoms with Crippen LogP contribution in [0.25, 0.3) is 5.82 Å². The number of rotatable bonds is 6. The summed E-state index contributed by atoms with van der Waals surface area (Å²) in [6.07, 6.45) is 3.33. The molecule has 0 bridgehead atoms. The molecule has 138 valence electrons. The van der Waals surface area contributed by atoms with Crippen LogP contribution in [0.15, 0.2) is 24.4 Å². The minimum atomic E-state index is 0.516. The van der Waals surface area contributed by atoms with Crippen LogP contribution in [0.4, 0.5) is 5.82 Å². The average Bonchev–Trinajstić information content (AvgIpc) is 3.03. The zero-order valence-electron chi connectivity index (χ0n) is 16.1. The second-order valence-electron chi connectivity index (χ2n) is 6.38. The second kappa shape index (κ2) is 7.96. The molecule has 0 atom stereocenters. The minimum Gasteiger partial charge on any atom is -0.363 e. The Hall–Kier alpha value is -3.27. The molecule has 0 aliphatic rings. The van der Waals surface area contributed by atoms with E-state index in [1.165, 1.54) is 0 Å². The van der Waals surface area contributed by atoms with Crippen molar-refractivity contribution in [2.45, 2.75) is 47.1 Å². The van der Waals surface area contributed by atoms with E-state index in [2.05, 4.69) is 31.7 Å². The number of aryl methyl sites for hydroxylation is 3. The van der Waals surface area contributed by atoms with Crippen LogP contribution in [0, 0.1) is 25.2 Å². The first kappa shape index (κ1) is 18.5. The van der Waals surface area contributed by atoms with Crippen molar-refractivity contribution in [2.75, 3.05) is 5.32 Å². The summed E-state index contributed by atoms with van der Waals surface area (Å²) < 4.78 is 1.82. The summed E-state index contributed by atoms with van der Waals surface area (Å²) in [5.41, 5.74) is 5.43. The lowest BCUT2D eigenvalue weighted by molar-refractivity contribution is 0.803. The van der Waals surface area contributed by atoms with Gasteiger partial charge in [0.05, 0.1) is 11.4 Å². The number of nitrogens with one attached hydrogen (secondary N) is 1. The first-order valence-corrected chi connectivity index (χ1v) is 9.08. The molecule has 0 unspecified atom stereocenters. The molecule has 0 aromatic carbocycles. The summed E-state index contributed by atoms with van der Waals surface area (Å²) in [6, 6.07) is 8.22. The van der Waals surface area contributed by atoms with Gasteiger partial charge in [-0.2, -0.15) is 15.5 Å². The van der Waals surface area contributed by atoms with Crippen LogP contribution >= 0.6 is 0 Å². The fourth-order valence-electron chi connectivity index (χ4n) is 3.11. The molecule has 3 aromatic rings. The van der Waals surface area contributed by atoms with Gasteiger partial charge in [-0.15, -0.1) is 5.10 Å². The molecular weight excluding hydrogens is 338 g/mol. The van der Waals surface area contributed by atoms with E-state index in [-0.39, 0.29) is 0 Å². The number of hydrogen-bond donors (Lipinski definition) is 1. The molecule has 0 saturated carbocycles. The maximum atomic E-state index is 9.56. The molecule has 0 aliphatic heterocycles. The third-order valence-corrected chi connectivity index (χ3v) is 4.45. The highest BCUT2D eigenvalue weighted by Crippen LogP contribution is 2.20. The van der Waals surface area contributed by atoms with Gasteiger partial charge in [0.2, 0.25) is 0 Å². The molecule has 0 amide bonds. The summed E-state index contributed by atoms with van der Waals surface area (Å²) in [5.74, 6) is 1.30. The van der Waals surface area contributed by atoms with E-state index >= 15 is 0 Å². The molecule has 0 radical (unpaired) electrons. The molecular formula is C20H23N7. The summed E-state index contributed by atoms with van der Waals surface area (Å²) in [6.45, 7) is 8.53. The summed E-state index contributed by atoms with van der Waals surface area (Å²) >= 11 is 0. The summed E-state index contributed by atoms with van der Waals surface area (Å²) in [5, 5.41) is 25.7. The summed E-state index contributed by atoms with van der Waals surface area (Å²) in [7, 11) is 0. The Morgan fingerprint density at radius 3 is 2.52 bits per heavy atom. The minimum absolute atomic E-state index is 0.516. The van der Waals surface area contributed by atoms with Gasteiger partial charge >= 0.3 is 0 Å². The van der Waals surface area contributed by atoms with Crippen LogP contribution in [0.3, 0.4) is 0 Å². The van der Waals surface area contributed by atoms with Crippen molar-refractivity contribution in [1.82, 2.24) is 25.0 Å². The van der Waals surface area contributed by atoms with Gasteiger partial charge in [-0.1, -0.05) is 19.9 Å². The van der Waals surface area contributed by atoms with Crippen molar-refractivity contribution in [3.05, 3.63) is 58.2 Å². The molecule has 1 N–H and O–H groups in total. The first-order valence-electron chi connectivity index (χ1n) is 9.08.